The molecular formula is C15H23N3O3. The van der Waals surface area contributed by atoms with Crippen molar-refractivity contribution < 1.29 is 14.3 Å². The average Bonchev–Trinajstić information content (AvgIpc) is 2.52. The molecule has 0 unspecified atom stereocenters. The van der Waals surface area contributed by atoms with Gasteiger partial charge < -0.3 is 20.1 Å². The number of likely N-dealkylation sites (tertiary alicyclic amines) is 1. The molecule has 21 heavy (non-hydrogen) atoms. The van der Waals surface area contributed by atoms with Crippen molar-refractivity contribution in [1.29, 1.82) is 0 Å². The summed E-state index contributed by atoms with van der Waals surface area (Å²) in [7, 11) is 0. The monoisotopic (exact) mass is 293 g/mol. The number of anilines is 1. The summed E-state index contributed by atoms with van der Waals surface area (Å²) >= 11 is 0. The van der Waals surface area contributed by atoms with Crippen molar-refractivity contribution in [1.82, 2.24) is 9.88 Å². The molecule has 116 valence electrons. The number of pyridine rings is 1. The third-order valence-electron chi connectivity index (χ3n) is 3.56. The van der Waals surface area contributed by atoms with Gasteiger partial charge in [-0.05, 0) is 31.9 Å². The van der Waals surface area contributed by atoms with Crippen LogP contribution in [0.15, 0.2) is 18.3 Å². The highest BCUT2D eigenvalue weighted by atomic mass is 16.5. The zero-order valence-electron chi connectivity index (χ0n) is 12.5. The van der Waals surface area contributed by atoms with Crippen LogP contribution in [0.25, 0.3) is 0 Å². The first-order chi connectivity index (χ1) is 10.2. The molecule has 6 heteroatoms. The summed E-state index contributed by atoms with van der Waals surface area (Å²) in [5.74, 6) is -0.0964. The number of nitrogen functional groups attached to an aromatic ring is 1. The summed E-state index contributed by atoms with van der Waals surface area (Å²) in [5, 5.41) is 0. The van der Waals surface area contributed by atoms with Gasteiger partial charge in [0, 0.05) is 25.9 Å². The van der Waals surface area contributed by atoms with Gasteiger partial charge in [0.15, 0.2) is 5.69 Å². The van der Waals surface area contributed by atoms with E-state index in [1.807, 2.05) is 6.92 Å². The van der Waals surface area contributed by atoms with Crippen molar-refractivity contribution in [3.8, 4) is 0 Å². The number of ether oxygens (including phenoxy) is 2. The van der Waals surface area contributed by atoms with Gasteiger partial charge in [0.2, 0.25) is 0 Å². The van der Waals surface area contributed by atoms with Gasteiger partial charge in [-0.3, -0.25) is 4.79 Å². The van der Waals surface area contributed by atoms with Crippen molar-refractivity contribution in [2.75, 3.05) is 38.6 Å². The van der Waals surface area contributed by atoms with Crippen LogP contribution < -0.4 is 5.73 Å². The largest absolute Gasteiger partial charge is 0.397 e. The summed E-state index contributed by atoms with van der Waals surface area (Å²) in [5.41, 5.74) is 6.57. The zero-order valence-corrected chi connectivity index (χ0v) is 12.5. The Kier molecular flexibility index (Phi) is 5.95. The van der Waals surface area contributed by atoms with Crippen LogP contribution in [0.1, 0.15) is 30.3 Å². The molecule has 1 aliphatic heterocycles. The highest BCUT2D eigenvalue weighted by molar-refractivity contribution is 5.97. The number of nitrogens with zero attached hydrogens (tertiary/aromatic N) is 2. The SMILES string of the molecule is CCOCCOC1CCN(C(=O)c2ncccc2N)CC1. The molecule has 0 aromatic carbocycles. The fourth-order valence-corrected chi connectivity index (χ4v) is 2.39. The number of hydrogen-bond donors (Lipinski definition) is 1. The standard InChI is InChI=1S/C15H23N3O3/c1-2-20-10-11-21-12-5-8-18(9-6-12)15(19)14-13(16)4-3-7-17-14/h3-4,7,12H,2,5-6,8-11,16H2,1H3. The van der Waals surface area contributed by atoms with Gasteiger partial charge in [0.05, 0.1) is 25.0 Å². The van der Waals surface area contributed by atoms with Crippen LogP contribution in [0, 0.1) is 0 Å². The Labute approximate surface area is 125 Å². The van der Waals surface area contributed by atoms with Crippen molar-refractivity contribution in [3.05, 3.63) is 24.0 Å². The molecule has 2 heterocycles. The molecule has 0 aliphatic carbocycles. The van der Waals surface area contributed by atoms with Gasteiger partial charge in [-0.15, -0.1) is 0 Å². The Balaban J connectivity index is 1.78. The lowest BCUT2D eigenvalue weighted by atomic mass is 10.1. The van der Waals surface area contributed by atoms with Crippen LogP contribution in [0.4, 0.5) is 5.69 Å². The fourth-order valence-electron chi connectivity index (χ4n) is 2.39. The molecular weight excluding hydrogens is 270 g/mol. The topological polar surface area (TPSA) is 77.7 Å². The zero-order chi connectivity index (χ0) is 15.1. The molecule has 0 bridgehead atoms. The first-order valence-electron chi connectivity index (χ1n) is 7.41. The maximum absolute atomic E-state index is 12.3. The first kappa shape index (κ1) is 15.7. The summed E-state index contributed by atoms with van der Waals surface area (Å²) < 4.78 is 11.0. The predicted octanol–water partition coefficient (Wildman–Crippen LogP) is 1.32. The van der Waals surface area contributed by atoms with Crippen LogP contribution in [0.3, 0.4) is 0 Å². The number of carbonyl (C=O) groups excluding carboxylic acids is 1. The van der Waals surface area contributed by atoms with Crippen LogP contribution in [-0.2, 0) is 9.47 Å². The Hall–Kier alpha value is -1.66. The van der Waals surface area contributed by atoms with E-state index in [0.29, 0.717) is 44.3 Å². The van der Waals surface area contributed by atoms with Crippen molar-refractivity contribution in [3.63, 3.8) is 0 Å². The molecule has 6 nitrogen and oxygen atoms in total. The van der Waals surface area contributed by atoms with E-state index in [1.54, 1.807) is 23.2 Å². The van der Waals surface area contributed by atoms with E-state index in [4.69, 9.17) is 15.2 Å². The molecule has 1 aliphatic rings. The van der Waals surface area contributed by atoms with E-state index in [-0.39, 0.29) is 12.0 Å². The van der Waals surface area contributed by atoms with Gasteiger partial charge in [-0.1, -0.05) is 0 Å². The quantitative estimate of drug-likeness (QED) is 0.800. The van der Waals surface area contributed by atoms with Crippen molar-refractivity contribution in [2.24, 2.45) is 0 Å². The molecule has 1 amide bonds. The summed E-state index contributed by atoms with van der Waals surface area (Å²) in [4.78, 5) is 18.2. The molecule has 2 rings (SSSR count). The second kappa shape index (κ2) is 7.95. The van der Waals surface area contributed by atoms with Crippen molar-refractivity contribution >= 4 is 11.6 Å². The number of nitrogens with two attached hydrogens (primary N) is 1. The van der Waals surface area contributed by atoms with Gasteiger partial charge >= 0.3 is 0 Å². The third-order valence-corrected chi connectivity index (χ3v) is 3.56. The second-order valence-electron chi connectivity index (χ2n) is 5.00. The normalized spacial score (nSPS) is 16.1. The molecule has 1 saturated heterocycles. The van der Waals surface area contributed by atoms with E-state index < -0.39 is 0 Å². The van der Waals surface area contributed by atoms with Gasteiger partial charge in [0.25, 0.3) is 5.91 Å². The predicted molar refractivity (Wildman–Crippen MR) is 80.0 cm³/mol. The Morgan fingerprint density at radius 2 is 2.19 bits per heavy atom. The van der Waals surface area contributed by atoms with Gasteiger partial charge in [-0.2, -0.15) is 0 Å². The number of amides is 1. The molecule has 1 fully saturated rings. The second-order valence-corrected chi connectivity index (χ2v) is 5.00. The Morgan fingerprint density at radius 3 is 2.86 bits per heavy atom. The highest BCUT2D eigenvalue weighted by Crippen LogP contribution is 2.17. The number of aromatic nitrogens is 1. The van der Waals surface area contributed by atoms with Crippen LogP contribution in [-0.4, -0.2) is 54.8 Å². The van der Waals surface area contributed by atoms with Crippen molar-refractivity contribution in [2.45, 2.75) is 25.9 Å². The molecule has 0 radical (unpaired) electrons. The molecule has 0 spiro atoms. The lowest BCUT2D eigenvalue weighted by Gasteiger charge is -2.31. The number of hydrogen-bond acceptors (Lipinski definition) is 5. The minimum Gasteiger partial charge on any atom is -0.397 e. The fraction of sp³-hybridized carbons (Fsp3) is 0.600. The lowest BCUT2D eigenvalue weighted by molar-refractivity contribution is -0.0183. The van der Waals surface area contributed by atoms with E-state index in [2.05, 4.69) is 4.98 Å². The Bertz CT molecular complexity index is 459. The maximum Gasteiger partial charge on any atom is 0.274 e. The molecule has 1 aromatic heterocycles. The van der Waals surface area contributed by atoms with E-state index in [1.165, 1.54) is 0 Å². The number of piperidine rings is 1. The first-order valence-corrected chi connectivity index (χ1v) is 7.41. The highest BCUT2D eigenvalue weighted by Gasteiger charge is 2.25. The maximum atomic E-state index is 12.3. The molecule has 1 aromatic rings. The molecule has 2 N–H and O–H groups in total. The number of rotatable bonds is 6. The van der Waals surface area contributed by atoms with Crippen LogP contribution in [0.5, 0.6) is 0 Å². The lowest BCUT2D eigenvalue weighted by Crippen LogP contribution is -2.41. The summed E-state index contributed by atoms with van der Waals surface area (Å²) in [6.45, 7) is 5.26. The van der Waals surface area contributed by atoms with Crippen LogP contribution >= 0.6 is 0 Å². The van der Waals surface area contributed by atoms with Gasteiger partial charge in [-0.25, -0.2) is 4.98 Å². The minimum absolute atomic E-state index is 0.0964. The minimum atomic E-state index is -0.0964. The van der Waals surface area contributed by atoms with Crippen LogP contribution in [0.2, 0.25) is 0 Å². The van der Waals surface area contributed by atoms with Gasteiger partial charge in [0.1, 0.15) is 0 Å². The molecule has 0 saturated carbocycles. The summed E-state index contributed by atoms with van der Waals surface area (Å²) in [6, 6.07) is 3.42. The Morgan fingerprint density at radius 1 is 1.43 bits per heavy atom. The molecule has 0 atom stereocenters. The smallest absolute Gasteiger partial charge is 0.274 e. The third kappa shape index (κ3) is 4.41. The van der Waals surface area contributed by atoms with E-state index in [9.17, 15) is 4.79 Å². The van der Waals surface area contributed by atoms with E-state index in [0.717, 1.165) is 12.8 Å². The average molecular weight is 293 g/mol. The van der Waals surface area contributed by atoms with E-state index >= 15 is 0 Å². The summed E-state index contributed by atoms with van der Waals surface area (Å²) in [6.07, 6.45) is 3.47. The number of carbonyl (C=O) groups is 1.